The van der Waals surface area contributed by atoms with Gasteiger partial charge >= 0.3 is 5.97 Å². The average molecular weight is 256 g/mol. The van der Waals surface area contributed by atoms with Crippen molar-refractivity contribution in [2.75, 3.05) is 19.7 Å². The zero-order valence-electron chi connectivity index (χ0n) is 12.2. The van der Waals surface area contributed by atoms with E-state index in [1.54, 1.807) is 6.92 Å². The third kappa shape index (κ3) is 3.95. The molecule has 0 aromatic carbocycles. The van der Waals surface area contributed by atoms with Crippen LogP contribution in [0.3, 0.4) is 0 Å². The van der Waals surface area contributed by atoms with Gasteiger partial charge in [0.25, 0.3) is 0 Å². The normalized spacial score (nSPS) is 25.7. The second-order valence-corrected chi connectivity index (χ2v) is 5.75. The van der Waals surface area contributed by atoms with Crippen molar-refractivity contribution in [3.8, 4) is 0 Å². The maximum absolute atomic E-state index is 11.8. The van der Waals surface area contributed by atoms with E-state index in [-0.39, 0.29) is 5.97 Å². The maximum atomic E-state index is 11.8. The number of nitrogens with two attached hydrogens (primary N) is 1. The van der Waals surface area contributed by atoms with E-state index in [4.69, 9.17) is 10.5 Å². The van der Waals surface area contributed by atoms with Crippen LogP contribution in [0, 0.1) is 5.92 Å². The number of likely N-dealkylation sites (tertiary alicyclic amines) is 1. The van der Waals surface area contributed by atoms with Crippen LogP contribution in [0.2, 0.25) is 0 Å². The van der Waals surface area contributed by atoms with E-state index in [1.165, 1.54) is 12.8 Å². The van der Waals surface area contributed by atoms with Gasteiger partial charge in [-0.3, -0.25) is 4.79 Å². The van der Waals surface area contributed by atoms with Crippen molar-refractivity contribution in [1.29, 1.82) is 0 Å². The minimum absolute atomic E-state index is 0.289. The molecule has 3 atom stereocenters. The molecule has 3 unspecified atom stereocenters. The van der Waals surface area contributed by atoms with Crippen molar-refractivity contribution < 1.29 is 9.53 Å². The van der Waals surface area contributed by atoms with Gasteiger partial charge in [0.1, 0.15) is 5.54 Å². The zero-order chi connectivity index (χ0) is 13.8. The Bertz CT molecular complexity index is 279. The number of nitrogens with zero attached hydrogens (tertiary/aromatic N) is 1. The van der Waals surface area contributed by atoms with Gasteiger partial charge in [0, 0.05) is 12.6 Å². The SMILES string of the molecule is CCOC(=O)C(C)(N)CC(C)N1CCC(CC)C1. The van der Waals surface area contributed by atoms with E-state index in [1.807, 2.05) is 6.92 Å². The standard InChI is InChI=1S/C14H28N2O2/c1-5-12-7-8-16(10-12)11(3)9-14(4,15)13(17)18-6-2/h11-12H,5-10,15H2,1-4H3. The van der Waals surface area contributed by atoms with Crippen LogP contribution in [0.15, 0.2) is 0 Å². The smallest absolute Gasteiger partial charge is 0.325 e. The van der Waals surface area contributed by atoms with Crippen LogP contribution in [0.4, 0.5) is 0 Å². The van der Waals surface area contributed by atoms with Gasteiger partial charge in [-0.05, 0) is 46.1 Å². The summed E-state index contributed by atoms with van der Waals surface area (Å²) >= 11 is 0. The fraction of sp³-hybridized carbons (Fsp3) is 0.929. The highest BCUT2D eigenvalue weighted by Crippen LogP contribution is 2.24. The first-order valence-electron chi connectivity index (χ1n) is 7.10. The number of rotatable bonds is 6. The number of carbonyl (C=O) groups is 1. The summed E-state index contributed by atoms with van der Waals surface area (Å²) in [6.45, 7) is 10.6. The molecule has 0 saturated carbocycles. The molecule has 1 saturated heterocycles. The third-order valence-corrected chi connectivity index (χ3v) is 3.98. The quantitative estimate of drug-likeness (QED) is 0.736. The van der Waals surface area contributed by atoms with Crippen molar-refractivity contribution in [1.82, 2.24) is 4.90 Å². The largest absolute Gasteiger partial charge is 0.465 e. The molecule has 4 nitrogen and oxygen atoms in total. The fourth-order valence-electron chi connectivity index (χ4n) is 2.72. The Kier molecular flexibility index (Phi) is 5.60. The van der Waals surface area contributed by atoms with E-state index in [0.717, 1.165) is 19.0 Å². The Morgan fingerprint density at radius 1 is 1.56 bits per heavy atom. The monoisotopic (exact) mass is 256 g/mol. The number of carbonyl (C=O) groups excluding carboxylic acids is 1. The van der Waals surface area contributed by atoms with E-state index >= 15 is 0 Å². The van der Waals surface area contributed by atoms with Crippen molar-refractivity contribution >= 4 is 5.97 Å². The number of hydrogen-bond acceptors (Lipinski definition) is 4. The highest BCUT2D eigenvalue weighted by Gasteiger charge is 2.35. The summed E-state index contributed by atoms with van der Waals surface area (Å²) in [5, 5.41) is 0. The third-order valence-electron chi connectivity index (χ3n) is 3.98. The first-order valence-corrected chi connectivity index (χ1v) is 7.10. The minimum Gasteiger partial charge on any atom is -0.465 e. The molecular formula is C14H28N2O2. The number of esters is 1. The summed E-state index contributed by atoms with van der Waals surface area (Å²) in [5.41, 5.74) is 5.21. The zero-order valence-corrected chi connectivity index (χ0v) is 12.2. The van der Waals surface area contributed by atoms with Gasteiger partial charge in [0.2, 0.25) is 0 Å². The van der Waals surface area contributed by atoms with E-state index in [0.29, 0.717) is 19.1 Å². The lowest BCUT2D eigenvalue weighted by Gasteiger charge is -2.31. The molecule has 1 aliphatic heterocycles. The Morgan fingerprint density at radius 3 is 2.72 bits per heavy atom. The lowest BCUT2D eigenvalue weighted by atomic mass is 9.94. The average Bonchev–Trinajstić information content (AvgIpc) is 2.77. The van der Waals surface area contributed by atoms with Crippen LogP contribution in [-0.4, -0.2) is 42.1 Å². The van der Waals surface area contributed by atoms with Crippen LogP contribution in [0.25, 0.3) is 0 Å². The predicted molar refractivity (Wildman–Crippen MR) is 73.3 cm³/mol. The highest BCUT2D eigenvalue weighted by atomic mass is 16.5. The van der Waals surface area contributed by atoms with Crippen molar-refractivity contribution in [3.05, 3.63) is 0 Å². The van der Waals surface area contributed by atoms with Crippen molar-refractivity contribution in [2.45, 2.75) is 58.5 Å². The van der Waals surface area contributed by atoms with Gasteiger partial charge in [0.05, 0.1) is 6.61 Å². The fourth-order valence-corrected chi connectivity index (χ4v) is 2.72. The van der Waals surface area contributed by atoms with E-state index in [9.17, 15) is 4.79 Å². The van der Waals surface area contributed by atoms with E-state index < -0.39 is 5.54 Å². The molecule has 1 heterocycles. The maximum Gasteiger partial charge on any atom is 0.325 e. The summed E-state index contributed by atoms with van der Waals surface area (Å²) in [6, 6.07) is 0.334. The Balaban J connectivity index is 2.48. The van der Waals surface area contributed by atoms with Crippen LogP contribution in [0.5, 0.6) is 0 Å². The Morgan fingerprint density at radius 2 is 2.22 bits per heavy atom. The van der Waals surface area contributed by atoms with Crippen LogP contribution in [0.1, 0.15) is 47.0 Å². The molecule has 18 heavy (non-hydrogen) atoms. The lowest BCUT2D eigenvalue weighted by Crippen LogP contribution is -2.50. The molecule has 0 aliphatic carbocycles. The molecule has 1 rings (SSSR count). The Labute approximate surface area is 111 Å². The van der Waals surface area contributed by atoms with Gasteiger partial charge < -0.3 is 15.4 Å². The van der Waals surface area contributed by atoms with Crippen LogP contribution < -0.4 is 5.73 Å². The minimum atomic E-state index is -0.875. The van der Waals surface area contributed by atoms with Gasteiger partial charge in [-0.15, -0.1) is 0 Å². The highest BCUT2D eigenvalue weighted by molar-refractivity contribution is 5.80. The molecule has 106 valence electrons. The number of ether oxygens (including phenoxy) is 1. The first-order chi connectivity index (χ1) is 8.40. The van der Waals surface area contributed by atoms with Crippen molar-refractivity contribution in [2.24, 2.45) is 11.7 Å². The lowest BCUT2D eigenvalue weighted by molar-refractivity contribution is -0.149. The molecule has 0 amide bonds. The molecule has 0 radical (unpaired) electrons. The second kappa shape index (κ2) is 6.53. The Hall–Kier alpha value is -0.610. The number of hydrogen-bond donors (Lipinski definition) is 1. The van der Waals surface area contributed by atoms with Gasteiger partial charge in [0.15, 0.2) is 0 Å². The van der Waals surface area contributed by atoms with Crippen LogP contribution >= 0.6 is 0 Å². The summed E-state index contributed by atoms with van der Waals surface area (Å²) in [5.74, 6) is 0.516. The molecule has 2 N–H and O–H groups in total. The second-order valence-electron chi connectivity index (χ2n) is 5.75. The first kappa shape index (κ1) is 15.4. The molecule has 0 aromatic rings. The topological polar surface area (TPSA) is 55.6 Å². The molecular weight excluding hydrogens is 228 g/mol. The van der Waals surface area contributed by atoms with Gasteiger partial charge in [-0.2, -0.15) is 0 Å². The molecule has 0 bridgehead atoms. The molecule has 0 spiro atoms. The van der Waals surface area contributed by atoms with Crippen molar-refractivity contribution in [3.63, 3.8) is 0 Å². The molecule has 0 aromatic heterocycles. The summed E-state index contributed by atoms with van der Waals surface area (Å²) in [4.78, 5) is 14.2. The van der Waals surface area contributed by atoms with E-state index in [2.05, 4.69) is 18.7 Å². The molecule has 1 fully saturated rings. The molecule has 1 aliphatic rings. The summed E-state index contributed by atoms with van der Waals surface area (Å²) in [6.07, 6.45) is 3.16. The van der Waals surface area contributed by atoms with Gasteiger partial charge in [-0.25, -0.2) is 0 Å². The predicted octanol–water partition coefficient (Wildman–Crippen LogP) is 1.78. The summed E-state index contributed by atoms with van der Waals surface area (Å²) < 4.78 is 5.03. The summed E-state index contributed by atoms with van der Waals surface area (Å²) in [7, 11) is 0. The molecule has 4 heteroatoms. The van der Waals surface area contributed by atoms with Crippen LogP contribution in [-0.2, 0) is 9.53 Å². The van der Waals surface area contributed by atoms with Gasteiger partial charge in [-0.1, -0.05) is 13.3 Å².